The first-order valence-corrected chi connectivity index (χ1v) is 14.5. The van der Waals surface area contributed by atoms with Crippen molar-refractivity contribution >= 4 is 26.8 Å². The van der Waals surface area contributed by atoms with Crippen molar-refractivity contribution in [2.45, 2.75) is 63.2 Å². The van der Waals surface area contributed by atoms with E-state index < -0.39 is 33.4 Å². The number of rotatable bonds is 9. The summed E-state index contributed by atoms with van der Waals surface area (Å²) in [5.41, 5.74) is -0.275. The Labute approximate surface area is 237 Å². The predicted octanol–water partition coefficient (Wildman–Crippen LogP) is 3.16. The molecule has 0 unspecified atom stereocenters. The maximum absolute atomic E-state index is 14.1. The van der Waals surface area contributed by atoms with Crippen molar-refractivity contribution in [1.82, 2.24) is 39.5 Å². The molecule has 0 spiro atoms. The zero-order chi connectivity index (χ0) is 30.4. The summed E-state index contributed by atoms with van der Waals surface area (Å²) < 4.78 is 72.1. The van der Waals surface area contributed by atoms with E-state index in [-0.39, 0.29) is 57.5 Å². The second kappa shape index (κ2) is 10.8. The Morgan fingerprint density at radius 2 is 1.81 bits per heavy atom. The van der Waals surface area contributed by atoms with Gasteiger partial charge in [0.1, 0.15) is 34.2 Å². The Morgan fingerprint density at radius 3 is 2.40 bits per heavy atom. The van der Waals surface area contributed by atoms with Crippen LogP contribution in [0.1, 0.15) is 55.9 Å². The molecular weight excluding hydrogens is 579 g/mol. The van der Waals surface area contributed by atoms with Crippen molar-refractivity contribution in [2.75, 3.05) is 18.2 Å². The van der Waals surface area contributed by atoms with Crippen molar-refractivity contribution in [1.29, 1.82) is 0 Å². The summed E-state index contributed by atoms with van der Waals surface area (Å²) in [6.45, 7) is 3.65. The van der Waals surface area contributed by atoms with Crippen LogP contribution in [0.5, 0.6) is 5.88 Å². The van der Waals surface area contributed by atoms with Gasteiger partial charge < -0.3 is 10.1 Å². The summed E-state index contributed by atoms with van der Waals surface area (Å²) >= 11 is 0. The molecule has 4 aromatic rings. The molecule has 1 aliphatic rings. The first-order chi connectivity index (χ1) is 19.9. The number of nitrogens with one attached hydrogen (secondary N) is 1. The number of fused-ring (bicyclic) bond motifs is 1. The lowest BCUT2D eigenvalue weighted by molar-refractivity contribution is -0.162. The van der Waals surface area contributed by atoms with E-state index >= 15 is 0 Å². The number of ether oxygens (including phenoxy) is 1. The zero-order valence-electron chi connectivity index (χ0n) is 23.0. The van der Waals surface area contributed by atoms with Gasteiger partial charge in [0.2, 0.25) is 5.88 Å². The smallest absolute Gasteiger partial charge is 0.409 e. The molecule has 0 aromatic carbocycles. The molecule has 0 aliphatic heterocycles. The molecule has 13 nitrogen and oxygen atoms in total. The Bertz CT molecular complexity index is 1830. The predicted molar refractivity (Wildman–Crippen MR) is 144 cm³/mol. The van der Waals surface area contributed by atoms with Crippen molar-refractivity contribution in [3.8, 4) is 17.3 Å². The largest absolute Gasteiger partial charge is 0.480 e. The summed E-state index contributed by atoms with van der Waals surface area (Å²) in [4.78, 5) is 43.1. The molecule has 0 radical (unpaired) electrons. The van der Waals surface area contributed by atoms with Gasteiger partial charge in [-0.2, -0.15) is 13.2 Å². The van der Waals surface area contributed by atoms with E-state index in [4.69, 9.17) is 4.74 Å². The van der Waals surface area contributed by atoms with Gasteiger partial charge >= 0.3 is 6.18 Å². The molecule has 222 valence electrons. The summed E-state index contributed by atoms with van der Waals surface area (Å²) in [6.07, 6.45) is 0.519. The van der Waals surface area contributed by atoms with Gasteiger partial charge in [-0.05, 0) is 26.7 Å². The minimum absolute atomic E-state index is 0.0138. The fourth-order valence-corrected chi connectivity index (χ4v) is 5.05. The lowest BCUT2D eigenvalue weighted by atomic mass is 10.1. The van der Waals surface area contributed by atoms with Crippen LogP contribution in [0.2, 0.25) is 0 Å². The van der Waals surface area contributed by atoms with E-state index in [1.807, 2.05) is 0 Å². The summed E-state index contributed by atoms with van der Waals surface area (Å²) in [5, 5.41) is 2.68. The lowest BCUT2D eigenvalue weighted by Crippen LogP contribution is -2.35. The molecule has 0 bridgehead atoms. The quantitative estimate of drug-likeness (QED) is 0.296. The standard InChI is InChI=1S/C25H26F3N9O4S/c1-5-42(39,40)15-8-29-16(30-9-15)10-31-21-24(38)37(13(3)25(26,27)28)22-18(35-21)12(2)34-20(36-22)17-19(14-6-7-14)32-11-33-23(17)41-4/h8-9,11,13-14H,5-7,10H2,1-4H3,(H,31,35)/t13-/m0/s1. The van der Waals surface area contributed by atoms with Crippen LogP contribution in [0.3, 0.4) is 0 Å². The second-order valence-electron chi connectivity index (χ2n) is 9.67. The van der Waals surface area contributed by atoms with Gasteiger partial charge in [0.15, 0.2) is 27.1 Å². The molecule has 1 aliphatic carbocycles. The fraction of sp³-hybridized carbons (Fsp3) is 0.440. The topological polar surface area (TPSA) is 168 Å². The highest BCUT2D eigenvalue weighted by Gasteiger charge is 2.40. The van der Waals surface area contributed by atoms with Crippen molar-refractivity contribution in [2.24, 2.45) is 0 Å². The van der Waals surface area contributed by atoms with Crippen molar-refractivity contribution in [3.05, 3.63) is 46.3 Å². The van der Waals surface area contributed by atoms with Crippen LogP contribution < -0.4 is 15.6 Å². The molecule has 0 saturated heterocycles. The van der Waals surface area contributed by atoms with Crippen LogP contribution >= 0.6 is 0 Å². The van der Waals surface area contributed by atoms with Gasteiger partial charge in [-0.15, -0.1) is 0 Å². The molecule has 1 N–H and O–H groups in total. The SMILES string of the molecule is CCS(=O)(=O)c1cnc(CNc2nc3c(C)nc(-c4c(OC)ncnc4C4CC4)nc3n([C@@H](C)C(F)(F)F)c2=O)nc1. The Balaban J connectivity index is 1.63. The summed E-state index contributed by atoms with van der Waals surface area (Å²) in [5.74, 6) is -0.177. The van der Waals surface area contributed by atoms with E-state index in [2.05, 4.69) is 40.2 Å². The number of aromatic nitrogens is 8. The van der Waals surface area contributed by atoms with Gasteiger partial charge in [0.05, 0.1) is 30.8 Å². The number of methoxy groups -OCH3 is 1. The highest BCUT2D eigenvalue weighted by molar-refractivity contribution is 7.91. The number of hydrogen-bond acceptors (Lipinski definition) is 12. The normalized spacial score (nSPS) is 14.6. The third-order valence-electron chi connectivity index (χ3n) is 6.83. The van der Waals surface area contributed by atoms with Crippen LogP contribution in [-0.4, -0.2) is 66.9 Å². The van der Waals surface area contributed by atoms with Crippen molar-refractivity contribution in [3.63, 3.8) is 0 Å². The van der Waals surface area contributed by atoms with Crippen molar-refractivity contribution < 1.29 is 26.3 Å². The third-order valence-corrected chi connectivity index (χ3v) is 8.52. The lowest BCUT2D eigenvalue weighted by Gasteiger charge is -2.21. The van der Waals surface area contributed by atoms with E-state index in [1.54, 1.807) is 6.92 Å². The molecule has 42 heavy (non-hydrogen) atoms. The number of aryl methyl sites for hydroxylation is 1. The van der Waals surface area contributed by atoms with Gasteiger partial charge in [-0.1, -0.05) is 6.92 Å². The van der Waals surface area contributed by atoms with Gasteiger partial charge in [-0.3, -0.25) is 9.36 Å². The summed E-state index contributed by atoms with van der Waals surface area (Å²) in [7, 11) is -2.13. The number of anilines is 1. The molecule has 17 heteroatoms. The average molecular weight is 606 g/mol. The van der Waals surface area contributed by atoms with Crippen LogP contribution in [0, 0.1) is 6.92 Å². The zero-order valence-corrected chi connectivity index (χ0v) is 23.8. The highest BCUT2D eigenvalue weighted by Crippen LogP contribution is 2.45. The third kappa shape index (κ3) is 5.47. The molecule has 1 fully saturated rings. The fourth-order valence-electron chi connectivity index (χ4n) is 4.29. The second-order valence-corrected chi connectivity index (χ2v) is 11.9. The molecule has 4 aromatic heterocycles. The number of hydrogen-bond donors (Lipinski definition) is 1. The average Bonchev–Trinajstić information content (AvgIpc) is 3.81. The van der Waals surface area contributed by atoms with E-state index in [1.165, 1.54) is 20.4 Å². The number of sulfone groups is 1. The molecular formula is C25H26F3N9O4S. The number of halogens is 3. The van der Waals surface area contributed by atoms with E-state index in [9.17, 15) is 26.4 Å². The maximum atomic E-state index is 14.1. The van der Waals surface area contributed by atoms with Gasteiger partial charge in [0.25, 0.3) is 5.56 Å². The molecule has 4 heterocycles. The Morgan fingerprint density at radius 1 is 1.12 bits per heavy atom. The van der Waals surface area contributed by atoms with E-state index in [0.29, 0.717) is 15.8 Å². The van der Waals surface area contributed by atoms with Gasteiger partial charge in [0, 0.05) is 18.3 Å². The van der Waals surface area contributed by atoms with Crippen LogP contribution in [0.15, 0.2) is 28.4 Å². The minimum Gasteiger partial charge on any atom is -0.480 e. The first-order valence-electron chi connectivity index (χ1n) is 12.9. The van der Waals surface area contributed by atoms with Crippen LogP contribution in [0.25, 0.3) is 22.6 Å². The number of alkyl halides is 3. The minimum atomic E-state index is -4.80. The van der Waals surface area contributed by atoms with Crippen LogP contribution in [-0.2, 0) is 16.4 Å². The summed E-state index contributed by atoms with van der Waals surface area (Å²) in [6, 6.07) is -2.27. The molecule has 1 atom stereocenters. The molecule has 1 saturated carbocycles. The van der Waals surface area contributed by atoms with Gasteiger partial charge in [-0.25, -0.2) is 43.3 Å². The highest BCUT2D eigenvalue weighted by atomic mass is 32.2. The number of nitrogens with zero attached hydrogens (tertiary/aromatic N) is 8. The van der Waals surface area contributed by atoms with E-state index in [0.717, 1.165) is 32.2 Å². The van der Waals surface area contributed by atoms with Crippen LogP contribution in [0.4, 0.5) is 19.0 Å². The molecule has 5 rings (SSSR count). The Hall–Kier alpha value is -4.28. The Kier molecular flexibility index (Phi) is 7.55. The first kappa shape index (κ1) is 29.2. The molecule has 0 amide bonds. The maximum Gasteiger partial charge on any atom is 0.409 e. The monoisotopic (exact) mass is 605 g/mol.